The number of imidazole rings is 1. The van der Waals surface area contributed by atoms with Gasteiger partial charge in [0.05, 0.1) is 11.0 Å². The normalized spacial score (nSPS) is 17.1. The van der Waals surface area contributed by atoms with Crippen molar-refractivity contribution in [1.82, 2.24) is 9.38 Å². The summed E-state index contributed by atoms with van der Waals surface area (Å²) in [5, 5.41) is 2.30. The summed E-state index contributed by atoms with van der Waals surface area (Å²) in [6, 6.07) is 8.46. The minimum Gasteiger partial charge on any atom is -0.287 e. The maximum Gasteiger partial charge on any atom is 0.194 e. The number of thiazole rings is 1. The lowest BCUT2D eigenvalue weighted by Crippen LogP contribution is -2.01. The maximum atomic E-state index is 4.69. The topological polar surface area (TPSA) is 17.3 Å². The first-order chi connectivity index (χ1) is 8.92. The smallest absolute Gasteiger partial charge is 0.194 e. The van der Waals surface area contributed by atoms with Crippen LogP contribution in [0.3, 0.4) is 0 Å². The van der Waals surface area contributed by atoms with Crippen molar-refractivity contribution in [2.75, 3.05) is 0 Å². The summed E-state index contributed by atoms with van der Waals surface area (Å²) in [5.41, 5.74) is 3.84. The van der Waals surface area contributed by atoms with Gasteiger partial charge < -0.3 is 0 Å². The Morgan fingerprint density at radius 3 is 2.94 bits per heavy atom. The highest BCUT2D eigenvalue weighted by atomic mass is 32.1. The largest absolute Gasteiger partial charge is 0.287 e. The quantitative estimate of drug-likeness (QED) is 0.669. The lowest BCUT2D eigenvalue weighted by atomic mass is 10.0. The number of fused-ring (bicyclic) bond motifs is 3. The Balaban J connectivity index is 1.84. The zero-order chi connectivity index (χ0) is 11.9. The Morgan fingerprint density at radius 1 is 1.22 bits per heavy atom. The molecule has 1 aromatic carbocycles. The zero-order valence-corrected chi connectivity index (χ0v) is 11.1. The van der Waals surface area contributed by atoms with Crippen LogP contribution in [0.25, 0.3) is 16.0 Å². The number of rotatable bonds is 2. The van der Waals surface area contributed by atoms with Gasteiger partial charge in [0.15, 0.2) is 4.96 Å². The fourth-order valence-electron chi connectivity index (χ4n) is 3.18. The molecule has 2 heterocycles. The van der Waals surface area contributed by atoms with Crippen LogP contribution in [0.2, 0.25) is 0 Å². The van der Waals surface area contributed by atoms with Crippen molar-refractivity contribution < 1.29 is 0 Å². The van der Waals surface area contributed by atoms with Gasteiger partial charge in [-0.25, -0.2) is 4.98 Å². The Labute approximate surface area is 110 Å². The van der Waals surface area contributed by atoms with Gasteiger partial charge in [0.25, 0.3) is 0 Å². The van der Waals surface area contributed by atoms with Crippen LogP contribution in [-0.4, -0.2) is 9.38 Å². The van der Waals surface area contributed by atoms with Gasteiger partial charge in [-0.05, 0) is 24.5 Å². The second kappa shape index (κ2) is 4.09. The summed E-state index contributed by atoms with van der Waals surface area (Å²) in [6.07, 6.45) is 6.87. The first-order valence-corrected chi connectivity index (χ1v) is 7.63. The molecule has 0 spiro atoms. The predicted octanol–water partition coefficient (Wildman–Crippen LogP) is 4.28. The van der Waals surface area contributed by atoms with E-state index in [4.69, 9.17) is 4.98 Å². The summed E-state index contributed by atoms with van der Waals surface area (Å²) in [7, 11) is 0. The van der Waals surface area contributed by atoms with Crippen LogP contribution in [0.5, 0.6) is 0 Å². The molecule has 1 aliphatic rings. The fourth-order valence-corrected chi connectivity index (χ4v) is 4.10. The van der Waals surface area contributed by atoms with Crippen LogP contribution in [0.1, 0.15) is 31.4 Å². The van der Waals surface area contributed by atoms with Gasteiger partial charge in [-0.2, -0.15) is 0 Å². The first kappa shape index (κ1) is 10.6. The number of para-hydroxylation sites is 2. The van der Waals surface area contributed by atoms with Gasteiger partial charge in [-0.1, -0.05) is 37.8 Å². The average molecular weight is 256 g/mol. The Kier molecular flexibility index (Phi) is 2.40. The molecule has 18 heavy (non-hydrogen) atoms. The molecule has 0 radical (unpaired) electrons. The van der Waals surface area contributed by atoms with Crippen molar-refractivity contribution in [3.05, 3.63) is 35.3 Å². The van der Waals surface area contributed by atoms with Gasteiger partial charge in [-0.15, -0.1) is 11.3 Å². The van der Waals surface area contributed by atoms with E-state index in [1.165, 1.54) is 43.3 Å². The van der Waals surface area contributed by atoms with Gasteiger partial charge >= 0.3 is 0 Å². The summed E-state index contributed by atoms with van der Waals surface area (Å²) in [4.78, 5) is 5.83. The van der Waals surface area contributed by atoms with E-state index in [2.05, 4.69) is 34.0 Å². The summed E-state index contributed by atoms with van der Waals surface area (Å²) in [5.74, 6) is 0.893. The molecule has 0 unspecified atom stereocenters. The van der Waals surface area contributed by atoms with Crippen LogP contribution >= 0.6 is 11.3 Å². The molecular formula is C15H16N2S. The molecule has 1 fully saturated rings. The van der Waals surface area contributed by atoms with Crippen molar-refractivity contribution in [2.45, 2.75) is 32.1 Å². The Bertz CT molecular complexity index is 689. The molecule has 92 valence electrons. The van der Waals surface area contributed by atoms with Gasteiger partial charge in [0, 0.05) is 11.1 Å². The molecule has 0 atom stereocenters. The van der Waals surface area contributed by atoms with E-state index >= 15 is 0 Å². The van der Waals surface area contributed by atoms with Crippen LogP contribution < -0.4 is 0 Å². The molecule has 0 saturated heterocycles. The van der Waals surface area contributed by atoms with E-state index in [0.29, 0.717) is 0 Å². The molecule has 1 aliphatic carbocycles. The number of aromatic nitrogens is 2. The predicted molar refractivity (Wildman–Crippen MR) is 76.2 cm³/mol. The Hall–Kier alpha value is -1.35. The lowest BCUT2D eigenvalue weighted by Gasteiger charge is -2.07. The Morgan fingerprint density at radius 2 is 2.06 bits per heavy atom. The second-order valence-electron chi connectivity index (χ2n) is 5.30. The van der Waals surface area contributed by atoms with Crippen molar-refractivity contribution >= 4 is 27.3 Å². The van der Waals surface area contributed by atoms with Crippen molar-refractivity contribution in [3.8, 4) is 0 Å². The van der Waals surface area contributed by atoms with E-state index in [-0.39, 0.29) is 0 Å². The maximum absolute atomic E-state index is 4.69. The minimum absolute atomic E-state index is 0.893. The second-order valence-corrected chi connectivity index (χ2v) is 6.14. The minimum atomic E-state index is 0.893. The monoisotopic (exact) mass is 256 g/mol. The van der Waals surface area contributed by atoms with E-state index in [1.807, 2.05) is 0 Å². The van der Waals surface area contributed by atoms with E-state index in [1.54, 1.807) is 11.3 Å². The van der Waals surface area contributed by atoms with Crippen molar-refractivity contribution in [2.24, 2.45) is 5.92 Å². The summed E-state index contributed by atoms with van der Waals surface area (Å²) < 4.78 is 2.36. The molecule has 3 heteroatoms. The van der Waals surface area contributed by atoms with Crippen molar-refractivity contribution in [3.63, 3.8) is 0 Å². The van der Waals surface area contributed by atoms with Crippen LogP contribution in [0.15, 0.2) is 29.6 Å². The molecule has 3 aromatic rings. The summed E-state index contributed by atoms with van der Waals surface area (Å²) >= 11 is 1.77. The van der Waals surface area contributed by atoms with E-state index in [0.717, 1.165) is 16.4 Å². The molecule has 0 bridgehead atoms. The highest BCUT2D eigenvalue weighted by molar-refractivity contribution is 7.15. The third-order valence-electron chi connectivity index (χ3n) is 4.09. The molecule has 0 amide bonds. The first-order valence-electron chi connectivity index (χ1n) is 6.75. The molecule has 0 aliphatic heterocycles. The van der Waals surface area contributed by atoms with Crippen LogP contribution in [-0.2, 0) is 6.42 Å². The fraction of sp³-hybridized carbons (Fsp3) is 0.400. The number of benzene rings is 1. The van der Waals surface area contributed by atoms with Gasteiger partial charge in [-0.3, -0.25) is 4.40 Å². The van der Waals surface area contributed by atoms with Crippen LogP contribution in [0, 0.1) is 5.92 Å². The van der Waals surface area contributed by atoms with E-state index < -0.39 is 0 Å². The number of nitrogens with zero attached hydrogens (tertiary/aromatic N) is 2. The molecule has 1 saturated carbocycles. The standard InChI is InChI=1S/C15H16N2S/c1-2-6-11(5-1)9-12-10-18-15-16-13-7-3-4-8-14(13)17(12)15/h3-4,7-8,10-11H,1-2,5-6,9H2. The average Bonchev–Trinajstić information content (AvgIpc) is 3.07. The molecule has 2 aromatic heterocycles. The van der Waals surface area contributed by atoms with Crippen LogP contribution in [0.4, 0.5) is 0 Å². The van der Waals surface area contributed by atoms with Crippen molar-refractivity contribution in [1.29, 1.82) is 0 Å². The molecule has 4 rings (SSSR count). The highest BCUT2D eigenvalue weighted by Crippen LogP contribution is 2.31. The van der Waals surface area contributed by atoms with Gasteiger partial charge in [0.1, 0.15) is 0 Å². The zero-order valence-electron chi connectivity index (χ0n) is 10.3. The number of hydrogen-bond acceptors (Lipinski definition) is 2. The van der Waals surface area contributed by atoms with E-state index in [9.17, 15) is 0 Å². The third kappa shape index (κ3) is 1.57. The number of hydrogen-bond donors (Lipinski definition) is 0. The summed E-state index contributed by atoms with van der Waals surface area (Å²) in [6.45, 7) is 0. The molecular weight excluding hydrogens is 240 g/mol. The molecule has 2 nitrogen and oxygen atoms in total. The molecule has 0 N–H and O–H groups in total. The SMILES string of the molecule is c1ccc2c(c1)nc1scc(CC3CCCC3)n12. The van der Waals surface area contributed by atoms with Gasteiger partial charge in [0.2, 0.25) is 0 Å². The lowest BCUT2D eigenvalue weighted by molar-refractivity contribution is 0.538. The third-order valence-corrected chi connectivity index (χ3v) is 4.96. The highest BCUT2D eigenvalue weighted by Gasteiger charge is 2.18.